The maximum absolute atomic E-state index is 13.0. The second kappa shape index (κ2) is 6.51. The normalized spacial score (nSPS) is 11.4. The molecule has 19 heavy (non-hydrogen) atoms. The molecule has 0 aromatic heterocycles. The maximum Gasteiger partial charge on any atom is 0.419 e. The first-order valence-corrected chi connectivity index (χ1v) is 5.48. The van der Waals surface area contributed by atoms with E-state index in [9.17, 15) is 22.4 Å². The van der Waals surface area contributed by atoms with Crippen LogP contribution in [-0.2, 0) is 15.7 Å². The number of ether oxygens (including phenoxy) is 2. The van der Waals surface area contributed by atoms with Gasteiger partial charge in [-0.05, 0) is 25.1 Å². The van der Waals surface area contributed by atoms with Gasteiger partial charge < -0.3 is 9.47 Å². The molecule has 1 aromatic carbocycles. The van der Waals surface area contributed by atoms with Gasteiger partial charge in [-0.2, -0.15) is 13.2 Å². The summed E-state index contributed by atoms with van der Waals surface area (Å²) in [5.74, 6) is -2.39. The summed E-state index contributed by atoms with van der Waals surface area (Å²) < 4.78 is 59.9. The van der Waals surface area contributed by atoms with Crippen molar-refractivity contribution >= 4 is 5.97 Å². The number of rotatable bonds is 5. The van der Waals surface area contributed by atoms with Crippen molar-refractivity contribution in [2.45, 2.75) is 13.1 Å². The molecular formula is C12H12F4O3. The molecule has 0 saturated heterocycles. The third-order valence-electron chi connectivity index (χ3n) is 2.17. The summed E-state index contributed by atoms with van der Waals surface area (Å²) in [6, 6.07) is 1.95. The quantitative estimate of drug-likeness (QED) is 0.472. The van der Waals surface area contributed by atoms with Crippen LogP contribution in [0.4, 0.5) is 17.6 Å². The maximum atomic E-state index is 13.0. The molecule has 0 aliphatic heterocycles. The number of carbonyl (C=O) groups excluding carboxylic acids is 1. The van der Waals surface area contributed by atoms with Crippen molar-refractivity contribution in [1.82, 2.24) is 0 Å². The molecule has 0 unspecified atom stereocenters. The van der Waals surface area contributed by atoms with Gasteiger partial charge >= 0.3 is 12.1 Å². The molecule has 0 fully saturated rings. The van der Waals surface area contributed by atoms with Crippen molar-refractivity contribution in [3.63, 3.8) is 0 Å². The van der Waals surface area contributed by atoms with Crippen LogP contribution in [-0.4, -0.2) is 25.8 Å². The van der Waals surface area contributed by atoms with Gasteiger partial charge in [0.1, 0.15) is 12.4 Å². The molecular weight excluding hydrogens is 268 g/mol. The summed E-state index contributed by atoms with van der Waals surface area (Å²) in [5.41, 5.74) is -1.85. The number of hydrogen-bond acceptors (Lipinski definition) is 3. The number of alkyl halides is 3. The number of halogens is 4. The molecule has 0 saturated carbocycles. The lowest BCUT2D eigenvalue weighted by Crippen LogP contribution is -2.14. The average Bonchev–Trinajstić information content (AvgIpc) is 2.33. The molecule has 0 amide bonds. The molecule has 0 N–H and O–H groups in total. The highest BCUT2D eigenvalue weighted by Gasteiger charge is 2.34. The van der Waals surface area contributed by atoms with Crippen molar-refractivity contribution in [3.05, 3.63) is 35.1 Å². The van der Waals surface area contributed by atoms with Crippen LogP contribution in [0.5, 0.6) is 0 Å². The third-order valence-corrected chi connectivity index (χ3v) is 2.17. The van der Waals surface area contributed by atoms with Crippen molar-refractivity contribution in [1.29, 1.82) is 0 Å². The average molecular weight is 280 g/mol. The van der Waals surface area contributed by atoms with Crippen molar-refractivity contribution in [3.8, 4) is 0 Å². The van der Waals surface area contributed by atoms with Crippen molar-refractivity contribution < 1.29 is 31.8 Å². The SMILES string of the molecule is CCOCCOC(=O)c1ccc(F)c(C(F)(F)F)c1. The van der Waals surface area contributed by atoms with Crippen LogP contribution in [0, 0.1) is 5.82 Å². The van der Waals surface area contributed by atoms with Gasteiger partial charge in [0.25, 0.3) is 0 Å². The van der Waals surface area contributed by atoms with E-state index in [4.69, 9.17) is 4.74 Å². The van der Waals surface area contributed by atoms with E-state index in [2.05, 4.69) is 4.74 Å². The number of carbonyl (C=O) groups is 1. The van der Waals surface area contributed by atoms with Crippen LogP contribution in [0.25, 0.3) is 0 Å². The molecule has 0 heterocycles. The Balaban J connectivity index is 2.76. The minimum Gasteiger partial charge on any atom is -0.460 e. The molecule has 0 spiro atoms. The summed E-state index contributed by atoms with van der Waals surface area (Å²) in [4.78, 5) is 11.4. The second-order valence-corrected chi connectivity index (χ2v) is 3.53. The Kier molecular flexibility index (Phi) is 5.29. The van der Waals surface area contributed by atoms with Crippen molar-refractivity contribution in [2.75, 3.05) is 19.8 Å². The minimum absolute atomic E-state index is 0.0780. The summed E-state index contributed by atoms with van der Waals surface area (Å²) in [6.07, 6.45) is -4.86. The highest BCUT2D eigenvalue weighted by molar-refractivity contribution is 5.89. The Morgan fingerprint density at radius 3 is 2.53 bits per heavy atom. The van der Waals surface area contributed by atoms with Gasteiger partial charge in [0.2, 0.25) is 0 Å². The van der Waals surface area contributed by atoms with E-state index < -0.39 is 23.5 Å². The Morgan fingerprint density at radius 2 is 1.95 bits per heavy atom. The Hall–Kier alpha value is -1.63. The molecule has 0 aliphatic carbocycles. The predicted octanol–water partition coefficient (Wildman–Crippen LogP) is 3.04. The summed E-state index contributed by atoms with van der Waals surface area (Å²) in [7, 11) is 0. The molecule has 0 radical (unpaired) electrons. The van der Waals surface area contributed by atoms with E-state index in [-0.39, 0.29) is 18.8 Å². The van der Waals surface area contributed by atoms with Crippen LogP contribution in [0.1, 0.15) is 22.8 Å². The molecule has 0 aliphatic rings. The lowest BCUT2D eigenvalue weighted by Gasteiger charge is -2.10. The fraction of sp³-hybridized carbons (Fsp3) is 0.417. The van der Waals surface area contributed by atoms with E-state index in [0.717, 1.165) is 6.07 Å². The lowest BCUT2D eigenvalue weighted by atomic mass is 10.1. The topological polar surface area (TPSA) is 35.5 Å². The van der Waals surface area contributed by atoms with Gasteiger partial charge in [-0.3, -0.25) is 0 Å². The largest absolute Gasteiger partial charge is 0.460 e. The summed E-state index contributed by atoms with van der Waals surface area (Å²) in [5, 5.41) is 0. The summed E-state index contributed by atoms with van der Waals surface area (Å²) >= 11 is 0. The number of benzene rings is 1. The van der Waals surface area contributed by atoms with Crippen LogP contribution in [0.2, 0.25) is 0 Å². The first-order valence-electron chi connectivity index (χ1n) is 5.48. The van der Waals surface area contributed by atoms with Gasteiger partial charge in [-0.25, -0.2) is 9.18 Å². The smallest absolute Gasteiger partial charge is 0.419 e. The van der Waals surface area contributed by atoms with Crippen LogP contribution >= 0.6 is 0 Å². The van der Waals surface area contributed by atoms with E-state index in [1.807, 2.05) is 0 Å². The van der Waals surface area contributed by atoms with Crippen molar-refractivity contribution in [2.24, 2.45) is 0 Å². The van der Waals surface area contributed by atoms with Gasteiger partial charge in [0.15, 0.2) is 0 Å². The van der Waals surface area contributed by atoms with Gasteiger partial charge in [-0.1, -0.05) is 0 Å². The Bertz CT molecular complexity index is 443. The Labute approximate surface area is 107 Å². The first-order chi connectivity index (χ1) is 8.86. The highest BCUT2D eigenvalue weighted by Crippen LogP contribution is 2.31. The minimum atomic E-state index is -4.86. The van der Waals surface area contributed by atoms with E-state index in [1.165, 1.54) is 0 Å². The van der Waals surface area contributed by atoms with E-state index in [1.54, 1.807) is 6.92 Å². The van der Waals surface area contributed by atoms with Gasteiger partial charge in [0.05, 0.1) is 17.7 Å². The fourth-order valence-corrected chi connectivity index (χ4v) is 1.29. The molecule has 1 aromatic rings. The van der Waals surface area contributed by atoms with Crippen LogP contribution in [0.3, 0.4) is 0 Å². The molecule has 1 rings (SSSR count). The number of hydrogen-bond donors (Lipinski definition) is 0. The highest BCUT2D eigenvalue weighted by atomic mass is 19.4. The monoisotopic (exact) mass is 280 g/mol. The van der Waals surface area contributed by atoms with Gasteiger partial charge in [0, 0.05) is 6.61 Å². The zero-order valence-corrected chi connectivity index (χ0v) is 10.1. The molecule has 106 valence electrons. The standard InChI is InChI=1S/C12H12F4O3/c1-2-18-5-6-19-11(17)8-3-4-10(13)9(7-8)12(14,15)16/h3-4,7H,2,5-6H2,1H3. The molecule has 7 heteroatoms. The van der Waals surface area contributed by atoms with E-state index >= 15 is 0 Å². The fourth-order valence-electron chi connectivity index (χ4n) is 1.29. The Morgan fingerprint density at radius 1 is 1.26 bits per heavy atom. The van der Waals surface area contributed by atoms with Crippen LogP contribution in [0.15, 0.2) is 18.2 Å². The lowest BCUT2D eigenvalue weighted by molar-refractivity contribution is -0.140. The number of esters is 1. The van der Waals surface area contributed by atoms with Crippen LogP contribution < -0.4 is 0 Å². The summed E-state index contributed by atoms with van der Waals surface area (Å²) in [6.45, 7) is 2.25. The molecule has 0 bridgehead atoms. The first kappa shape index (κ1) is 15.4. The van der Waals surface area contributed by atoms with E-state index in [0.29, 0.717) is 18.7 Å². The molecule has 3 nitrogen and oxygen atoms in total. The second-order valence-electron chi connectivity index (χ2n) is 3.53. The third kappa shape index (κ3) is 4.51. The zero-order valence-electron chi connectivity index (χ0n) is 10.1. The zero-order chi connectivity index (χ0) is 14.5. The predicted molar refractivity (Wildman–Crippen MR) is 58.2 cm³/mol. The molecule has 0 atom stereocenters. The van der Waals surface area contributed by atoms with Gasteiger partial charge in [-0.15, -0.1) is 0 Å².